The van der Waals surface area contributed by atoms with Crippen LogP contribution in [0.25, 0.3) is 0 Å². The summed E-state index contributed by atoms with van der Waals surface area (Å²) in [5, 5.41) is 15.8. The zero-order valence-electron chi connectivity index (χ0n) is 12.0. The van der Waals surface area contributed by atoms with Crippen LogP contribution in [0, 0.1) is 11.8 Å². The standard InChI is InChI=1S/C16H26N2O/c1-18-12-10-15(17-18)16(19)11-6-5-9-14(16)13-7-3-2-4-8-13/h10,12-14,19H,2-9,11H2,1H3. The van der Waals surface area contributed by atoms with Gasteiger partial charge in [0.25, 0.3) is 0 Å². The van der Waals surface area contributed by atoms with E-state index in [1.54, 1.807) is 0 Å². The fraction of sp³-hybridized carbons (Fsp3) is 0.812. The van der Waals surface area contributed by atoms with E-state index in [0.717, 1.165) is 18.5 Å². The second-order valence-electron chi connectivity index (χ2n) is 6.55. The van der Waals surface area contributed by atoms with E-state index in [4.69, 9.17) is 0 Å². The van der Waals surface area contributed by atoms with Gasteiger partial charge < -0.3 is 5.11 Å². The third-order valence-electron chi connectivity index (χ3n) is 5.31. The number of nitrogens with zero attached hydrogens (tertiary/aromatic N) is 2. The van der Waals surface area contributed by atoms with Gasteiger partial charge in [0.15, 0.2) is 0 Å². The average molecular weight is 262 g/mol. The number of aryl methyl sites for hydroxylation is 1. The van der Waals surface area contributed by atoms with Crippen molar-refractivity contribution < 1.29 is 5.11 Å². The van der Waals surface area contributed by atoms with Crippen LogP contribution < -0.4 is 0 Å². The van der Waals surface area contributed by atoms with Gasteiger partial charge in [-0.15, -0.1) is 0 Å². The lowest BCUT2D eigenvalue weighted by Crippen LogP contribution is -2.43. The van der Waals surface area contributed by atoms with Crippen LogP contribution in [0.3, 0.4) is 0 Å². The molecule has 1 N–H and O–H groups in total. The maximum Gasteiger partial charge on any atom is 0.111 e. The van der Waals surface area contributed by atoms with E-state index in [1.807, 2.05) is 24.0 Å². The van der Waals surface area contributed by atoms with Crippen molar-refractivity contribution in [1.82, 2.24) is 9.78 Å². The van der Waals surface area contributed by atoms with Crippen molar-refractivity contribution in [3.63, 3.8) is 0 Å². The van der Waals surface area contributed by atoms with E-state index in [9.17, 15) is 5.11 Å². The van der Waals surface area contributed by atoms with Gasteiger partial charge in [-0.3, -0.25) is 4.68 Å². The van der Waals surface area contributed by atoms with E-state index >= 15 is 0 Å². The maximum atomic E-state index is 11.3. The molecule has 2 saturated carbocycles. The van der Waals surface area contributed by atoms with Crippen molar-refractivity contribution >= 4 is 0 Å². The number of hydrogen-bond donors (Lipinski definition) is 1. The zero-order chi connectivity index (χ0) is 13.3. The van der Waals surface area contributed by atoms with Gasteiger partial charge in [0.2, 0.25) is 0 Å². The highest BCUT2D eigenvalue weighted by Gasteiger charge is 2.45. The quantitative estimate of drug-likeness (QED) is 0.887. The van der Waals surface area contributed by atoms with E-state index in [1.165, 1.54) is 44.9 Å². The van der Waals surface area contributed by atoms with E-state index < -0.39 is 5.60 Å². The summed E-state index contributed by atoms with van der Waals surface area (Å²) in [6.07, 6.45) is 13.1. The molecular weight excluding hydrogens is 236 g/mol. The summed E-state index contributed by atoms with van der Waals surface area (Å²) in [5.41, 5.74) is 0.242. The minimum Gasteiger partial charge on any atom is -0.383 e. The van der Waals surface area contributed by atoms with Crippen LogP contribution in [-0.4, -0.2) is 14.9 Å². The molecule has 106 valence electrons. The molecule has 1 aromatic rings. The first-order valence-corrected chi connectivity index (χ1v) is 7.92. The highest BCUT2D eigenvalue weighted by Crippen LogP contribution is 2.48. The third-order valence-corrected chi connectivity index (χ3v) is 5.31. The molecule has 2 atom stereocenters. The van der Waals surface area contributed by atoms with Crippen molar-refractivity contribution in [2.45, 2.75) is 63.4 Å². The van der Waals surface area contributed by atoms with Gasteiger partial charge in [0.05, 0.1) is 5.69 Å². The Bertz CT molecular complexity index is 422. The molecule has 0 radical (unpaired) electrons. The Labute approximate surface area is 116 Å². The van der Waals surface area contributed by atoms with Gasteiger partial charge in [-0.2, -0.15) is 5.10 Å². The number of aromatic nitrogens is 2. The molecule has 3 nitrogen and oxygen atoms in total. The maximum absolute atomic E-state index is 11.3. The Morgan fingerprint density at radius 2 is 1.89 bits per heavy atom. The molecule has 0 aliphatic heterocycles. The average Bonchev–Trinajstić information content (AvgIpc) is 2.88. The summed E-state index contributed by atoms with van der Waals surface area (Å²) in [6.45, 7) is 0. The fourth-order valence-corrected chi connectivity index (χ4v) is 4.31. The number of hydrogen-bond acceptors (Lipinski definition) is 2. The predicted molar refractivity (Wildman–Crippen MR) is 75.6 cm³/mol. The Morgan fingerprint density at radius 1 is 1.16 bits per heavy atom. The van der Waals surface area contributed by atoms with Gasteiger partial charge in [-0.05, 0) is 30.7 Å². The molecule has 19 heavy (non-hydrogen) atoms. The topological polar surface area (TPSA) is 38.0 Å². The molecule has 0 bridgehead atoms. The summed E-state index contributed by atoms with van der Waals surface area (Å²) in [4.78, 5) is 0. The Morgan fingerprint density at radius 3 is 2.58 bits per heavy atom. The summed E-state index contributed by atoms with van der Waals surface area (Å²) in [5.74, 6) is 1.14. The Kier molecular flexibility index (Phi) is 3.66. The lowest BCUT2D eigenvalue weighted by atomic mass is 9.64. The van der Waals surface area contributed by atoms with Gasteiger partial charge in [0, 0.05) is 13.2 Å². The van der Waals surface area contributed by atoms with Crippen LogP contribution in [0.15, 0.2) is 12.3 Å². The summed E-state index contributed by atoms with van der Waals surface area (Å²) < 4.78 is 1.82. The molecule has 2 aliphatic carbocycles. The summed E-state index contributed by atoms with van der Waals surface area (Å²) in [7, 11) is 1.94. The van der Waals surface area contributed by atoms with Gasteiger partial charge in [-0.1, -0.05) is 44.9 Å². The first-order valence-electron chi connectivity index (χ1n) is 7.92. The van der Waals surface area contributed by atoms with Crippen molar-refractivity contribution in [2.75, 3.05) is 0 Å². The second kappa shape index (κ2) is 5.28. The molecule has 2 aliphatic rings. The minimum atomic E-state index is -0.665. The van der Waals surface area contributed by atoms with Crippen LogP contribution >= 0.6 is 0 Å². The molecule has 0 spiro atoms. The molecule has 1 heterocycles. The second-order valence-corrected chi connectivity index (χ2v) is 6.55. The largest absolute Gasteiger partial charge is 0.383 e. The lowest BCUT2D eigenvalue weighted by Gasteiger charge is -2.44. The molecule has 2 fully saturated rings. The molecule has 0 amide bonds. The first-order chi connectivity index (χ1) is 9.20. The van der Waals surface area contributed by atoms with E-state index in [-0.39, 0.29) is 0 Å². The molecule has 2 unspecified atom stereocenters. The highest BCUT2D eigenvalue weighted by atomic mass is 16.3. The summed E-state index contributed by atoms with van der Waals surface area (Å²) >= 11 is 0. The monoisotopic (exact) mass is 262 g/mol. The molecule has 3 heteroatoms. The molecule has 1 aromatic heterocycles. The van der Waals surface area contributed by atoms with Gasteiger partial charge in [0.1, 0.15) is 5.60 Å². The number of aliphatic hydroxyl groups is 1. The number of rotatable bonds is 2. The Balaban J connectivity index is 1.86. The third kappa shape index (κ3) is 2.45. The fourth-order valence-electron chi connectivity index (χ4n) is 4.31. The smallest absolute Gasteiger partial charge is 0.111 e. The molecule has 0 aromatic carbocycles. The molecular formula is C16H26N2O. The van der Waals surface area contributed by atoms with Crippen molar-refractivity contribution in [1.29, 1.82) is 0 Å². The van der Waals surface area contributed by atoms with Crippen LogP contribution in [0.2, 0.25) is 0 Å². The normalized spacial score (nSPS) is 33.5. The van der Waals surface area contributed by atoms with Crippen molar-refractivity contribution in [2.24, 2.45) is 18.9 Å². The minimum absolute atomic E-state index is 0.427. The van der Waals surface area contributed by atoms with E-state index in [2.05, 4.69) is 5.10 Å². The van der Waals surface area contributed by atoms with Crippen LogP contribution in [0.1, 0.15) is 63.5 Å². The molecule has 3 rings (SSSR count). The molecule has 0 saturated heterocycles. The first kappa shape index (κ1) is 13.2. The predicted octanol–water partition coefficient (Wildman–Crippen LogP) is 3.38. The lowest BCUT2D eigenvalue weighted by molar-refractivity contribution is -0.0868. The zero-order valence-corrected chi connectivity index (χ0v) is 12.0. The van der Waals surface area contributed by atoms with Gasteiger partial charge in [-0.25, -0.2) is 0 Å². The SMILES string of the molecule is Cn1ccc(C2(O)CCCCC2C2CCCCC2)n1. The van der Waals surface area contributed by atoms with Crippen molar-refractivity contribution in [3.05, 3.63) is 18.0 Å². The summed E-state index contributed by atoms with van der Waals surface area (Å²) in [6, 6.07) is 2.02. The van der Waals surface area contributed by atoms with Crippen molar-refractivity contribution in [3.8, 4) is 0 Å². The van der Waals surface area contributed by atoms with Crippen LogP contribution in [0.5, 0.6) is 0 Å². The van der Waals surface area contributed by atoms with E-state index in [0.29, 0.717) is 11.8 Å². The Hall–Kier alpha value is -0.830. The highest BCUT2D eigenvalue weighted by molar-refractivity contribution is 5.14. The van der Waals surface area contributed by atoms with Crippen LogP contribution in [-0.2, 0) is 12.6 Å². The van der Waals surface area contributed by atoms with Gasteiger partial charge >= 0.3 is 0 Å². The van der Waals surface area contributed by atoms with Crippen LogP contribution in [0.4, 0.5) is 0 Å².